The van der Waals surface area contributed by atoms with E-state index in [0.717, 1.165) is 6.07 Å². The number of H-pyrrole nitrogens is 2. The van der Waals surface area contributed by atoms with Crippen LogP contribution in [0, 0.1) is 5.82 Å². The minimum Gasteiger partial charge on any atom is -0.332 e. The van der Waals surface area contributed by atoms with E-state index in [-0.39, 0.29) is 27.6 Å². The number of nitrogens with zero attached hydrogens (tertiary/aromatic N) is 2. The number of nitrogens with one attached hydrogen (secondary N) is 2. The number of hydrogen-bond acceptors (Lipinski definition) is 3. The Kier molecular flexibility index (Phi) is 3.13. The average Bonchev–Trinajstić information content (AvgIpc) is 2.84. The Labute approximate surface area is 122 Å². The highest BCUT2D eigenvalue weighted by Gasteiger charge is 2.15. The highest BCUT2D eigenvalue weighted by atomic mass is 35.5. The summed E-state index contributed by atoms with van der Waals surface area (Å²) in [5.41, 5.74) is -0.654. The maximum absolute atomic E-state index is 13.9. The molecule has 0 amide bonds. The van der Waals surface area contributed by atoms with Gasteiger partial charge >= 0.3 is 5.69 Å². The van der Waals surface area contributed by atoms with Crippen molar-refractivity contribution in [1.29, 1.82) is 0 Å². The Morgan fingerprint density at radius 1 is 1.33 bits per heavy atom. The van der Waals surface area contributed by atoms with Crippen molar-refractivity contribution in [2.24, 2.45) is 0 Å². The second-order valence-electron chi connectivity index (χ2n) is 4.41. The molecule has 0 unspecified atom stereocenters. The number of fused-ring (bicyclic) bond motifs is 1. The van der Waals surface area contributed by atoms with Crippen LogP contribution < -0.4 is 11.2 Å². The minimum absolute atomic E-state index is 0.126. The van der Waals surface area contributed by atoms with Crippen molar-refractivity contribution in [2.75, 3.05) is 0 Å². The molecule has 108 valence electrons. The third-order valence-electron chi connectivity index (χ3n) is 3.14. The van der Waals surface area contributed by atoms with E-state index >= 15 is 0 Å². The summed E-state index contributed by atoms with van der Waals surface area (Å²) in [6, 6.07) is 4.13. The van der Waals surface area contributed by atoms with Crippen LogP contribution in [-0.2, 0) is 6.54 Å². The number of aryl methyl sites for hydroxylation is 1. The first-order valence-corrected chi connectivity index (χ1v) is 6.57. The lowest BCUT2D eigenvalue weighted by Gasteiger charge is -2.00. The molecule has 6 nitrogen and oxygen atoms in total. The largest absolute Gasteiger partial charge is 0.332 e. The molecule has 0 bridgehead atoms. The summed E-state index contributed by atoms with van der Waals surface area (Å²) < 4.78 is 15.2. The zero-order valence-electron chi connectivity index (χ0n) is 10.9. The third kappa shape index (κ3) is 2.15. The molecule has 0 saturated carbocycles. The molecule has 1 aromatic carbocycles. The van der Waals surface area contributed by atoms with Crippen molar-refractivity contribution in [3.05, 3.63) is 49.9 Å². The fraction of sp³-hybridized carbons (Fsp3) is 0.154. The van der Waals surface area contributed by atoms with Gasteiger partial charge in [-0.3, -0.25) is 14.3 Å². The van der Waals surface area contributed by atoms with E-state index in [1.54, 1.807) is 6.92 Å². The van der Waals surface area contributed by atoms with Gasteiger partial charge < -0.3 is 4.98 Å². The number of imidazole rings is 1. The maximum Gasteiger partial charge on any atom is 0.330 e. The summed E-state index contributed by atoms with van der Waals surface area (Å²) in [7, 11) is 0. The fourth-order valence-electron chi connectivity index (χ4n) is 2.14. The van der Waals surface area contributed by atoms with Gasteiger partial charge in [-0.2, -0.15) is 0 Å². The lowest BCUT2D eigenvalue weighted by Crippen LogP contribution is -2.29. The van der Waals surface area contributed by atoms with E-state index in [0.29, 0.717) is 6.54 Å². The zero-order valence-corrected chi connectivity index (χ0v) is 11.7. The van der Waals surface area contributed by atoms with Crippen molar-refractivity contribution >= 4 is 22.8 Å². The molecule has 0 saturated heterocycles. The summed E-state index contributed by atoms with van der Waals surface area (Å²) in [6.07, 6.45) is 0. The van der Waals surface area contributed by atoms with Crippen LogP contribution in [-0.4, -0.2) is 19.5 Å². The molecule has 0 spiro atoms. The van der Waals surface area contributed by atoms with Crippen molar-refractivity contribution in [2.45, 2.75) is 13.5 Å². The van der Waals surface area contributed by atoms with Gasteiger partial charge in [-0.15, -0.1) is 0 Å². The molecule has 8 heteroatoms. The predicted octanol–water partition coefficient (Wildman–Crippen LogP) is 1.89. The lowest BCUT2D eigenvalue weighted by molar-refractivity contribution is 0.630. The van der Waals surface area contributed by atoms with Crippen molar-refractivity contribution in [3.8, 4) is 11.4 Å². The topological polar surface area (TPSA) is 83.5 Å². The van der Waals surface area contributed by atoms with Crippen LogP contribution in [0.25, 0.3) is 22.6 Å². The summed E-state index contributed by atoms with van der Waals surface area (Å²) in [5, 5.41) is 0.260. The van der Waals surface area contributed by atoms with Gasteiger partial charge in [0.25, 0.3) is 5.56 Å². The molecular formula is C13H10ClFN4O2. The van der Waals surface area contributed by atoms with Crippen LogP contribution in [0.1, 0.15) is 6.92 Å². The van der Waals surface area contributed by atoms with E-state index in [1.165, 1.54) is 16.7 Å². The van der Waals surface area contributed by atoms with Crippen LogP contribution >= 0.6 is 11.6 Å². The normalized spacial score (nSPS) is 11.2. The first-order valence-electron chi connectivity index (χ1n) is 6.19. The Morgan fingerprint density at radius 3 is 2.76 bits per heavy atom. The summed E-state index contributed by atoms with van der Waals surface area (Å²) in [4.78, 5) is 32.6. The molecule has 21 heavy (non-hydrogen) atoms. The quantitative estimate of drug-likeness (QED) is 0.758. The van der Waals surface area contributed by atoms with Crippen LogP contribution in [0.15, 0.2) is 27.8 Å². The highest BCUT2D eigenvalue weighted by Crippen LogP contribution is 2.24. The molecule has 0 fully saturated rings. The molecule has 0 aliphatic rings. The average molecular weight is 309 g/mol. The lowest BCUT2D eigenvalue weighted by atomic mass is 10.2. The second-order valence-corrected chi connectivity index (χ2v) is 4.85. The van der Waals surface area contributed by atoms with Gasteiger partial charge in [-0.1, -0.05) is 11.6 Å². The molecule has 0 atom stereocenters. The smallest absolute Gasteiger partial charge is 0.330 e. The predicted molar refractivity (Wildman–Crippen MR) is 77.1 cm³/mol. The van der Waals surface area contributed by atoms with E-state index in [1.807, 2.05) is 0 Å². The number of rotatable bonds is 2. The number of aromatic nitrogens is 4. The molecule has 3 rings (SSSR count). The van der Waals surface area contributed by atoms with Crippen LogP contribution in [0.3, 0.4) is 0 Å². The van der Waals surface area contributed by atoms with Gasteiger partial charge in [0.1, 0.15) is 17.2 Å². The van der Waals surface area contributed by atoms with Crippen molar-refractivity contribution in [3.63, 3.8) is 0 Å². The van der Waals surface area contributed by atoms with Crippen molar-refractivity contribution in [1.82, 2.24) is 19.5 Å². The monoisotopic (exact) mass is 308 g/mol. The van der Waals surface area contributed by atoms with E-state index < -0.39 is 17.1 Å². The summed E-state index contributed by atoms with van der Waals surface area (Å²) in [6.45, 7) is 2.08. The van der Waals surface area contributed by atoms with Crippen LogP contribution in [0.2, 0.25) is 5.02 Å². The second kappa shape index (κ2) is 4.85. The number of aromatic amines is 2. The van der Waals surface area contributed by atoms with Gasteiger partial charge in [-0.25, -0.2) is 14.2 Å². The Balaban J connectivity index is 2.33. The summed E-state index contributed by atoms with van der Waals surface area (Å²) >= 11 is 5.71. The molecular weight excluding hydrogens is 299 g/mol. The van der Waals surface area contributed by atoms with E-state index in [2.05, 4.69) is 15.0 Å². The van der Waals surface area contributed by atoms with E-state index in [4.69, 9.17) is 11.6 Å². The molecule has 2 N–H and O–H groups in total. The van der Waals surface area contributed by atoms with Gasteiger partial charge in [0, 0.05) is 11.6 Å². The van der Waals surface area contributed by atoms with Crippen molar-refractivity contribution < 1.29 is 4.39 Å². The Hall–Kier alpha value is -2.41. The number of benzene rings is 1. The maximum atomic E-state index is 13.9. The minimum atomic E-state index is -0.590. The van der Waals surface area contributed by atoms with Crippen LogP contribution in [0.4, 0.5) is 4.39 Å². The Morgan fingerprint density at radius 2 is 2.10 bits per heavy atom. The number of hydrogen-bond donors (Lipinski definition) is 2. The molecule has 3 aromatic rings. The SMILES string of the molecule is CCn1c(=O)[nH]c(=O)c2[nH]c(-c3ccc(Cl)cc3F)nc21. The highest BCUT2D eigenvalue weighted by molar-refractivity contribution is 6.30. The van der Waals surface area contributed by atoms with Gasteiger partial charge in [-0.05, 0) is 25.1 Å². The van der Waals surface area contributed by atoms with E-state index in [9.17, 15) is 14.0 Å². The first-order chi connectivity index (χ1) is 10.0. The third-order valence-corrected chi connectivity index (χ3v) is 3.37. The van der Waals surface area contributed by atoms with Gasteiger partial charge in [0.2, 0.25) is 0 Å². The standard InChI is InChI=1S/C13H10ClFN4O2/c1-2-19-11-9(12(20)18-13(19)21)16-10(17-11)7-4-3-6(14)5-8(7)15/h3-5H,2H2,1H3,(H,16,17)(H,18,20,21). The molecule has 0 aliphatic heterocycles. The first kappa shape index (κ1) is 13.6. The zero-order chi connectivity index (χ0) is 15.1. The molecule has 0 radical (unpaired) electrons. The fourth-order valence-corrected chi connectivity index (χ4v) is 2.30. The Bertz CT molecular complexity index is 957. The van der Waals surface area contributed by atoms with Crippen LogP contribution in [0.5, 0.6) is 0 Å². The van der Waals surface area contributed by atoms with Gasteiger partial charge in [0.05, 0.1) is 5.56 Å². The number of halogens is 2. The summed E-state index contributed by atoms with van der Waals surface area (Å²) in [5.74, 6) is -0.402. The molecule has 2 heterocycles. The molecule has 0 aliphatic carbocycles. The molecule has 2 aromatic heterocycles. The van der Waals surface area contributed by atoms with Gasteiger partial charge in [0.15, 0.2) is 5.65 Å².